The van der Waals surface area contributed by atoms with Crippen LogP contribution >= 0.6 is 0 Å². The molecule has 0 aliphatic rings. The molecule has 0 spiro atoms. The first-order valence-electron chi connectivity index (χ1n) is 6.76. The molecule has 2 atom stereocenters. The van der Waals surface area contributed by atoms with Crippen molar-refractivity contribution in [2.45, 2.75) is 39.3 Å². The van der Waals surface area contributed by atoms with Gasteiger partial charge in [0, 0.05) is 5.56 Å². The zero-order valence-corrected chi connectivity index (χ0v) is 12.6. The van der Waals surface area contributed by atoms with Crippen molar-refractivity contribution in [3.8, 4) is 0 Å². The average Bonchev–Trinajstić information content (AvgIpc) is 2.46. The normalized spacial score (nSPS) is 13.1. The van der Waals surface area contributed by atoms with E-state index in [1.807, 2.05) is 5.32 Å². The summed E-state index contributed by atoms with van der Waals surface area (Å²) < 4.78 is 18.3. The molecule has 1 aromatic carbocycles. The Morgan fingerprint density at radius 3 is 2.50 bits per heavy atom. The van der Waals surface area contributed by atoms with E-state index in [1.165, 1.54) is 19.1 Å². The van der Waals surface area contributed by atoms with Gasteiger partial charge in [0.25, 0.3) is 5.91 Å². The highest BCUT2D eigenvalue weighted by Gasteiger charge is 2.31. The number of benzene rings is 1. The Bertz CT molecular complexity index is 587. The third kappa shape index (κ3) is 4.54. The predicted molar refractivity (Wildman–Crippen MR) is 75.9 cm³/mol. The molecule has 1 rings (SSSR count). The van der Waals surface area contributed by atoms with E-state index >= 15 is 0 Å². The lowest BCUT2D eigenvalue weighted by atomic mass is 10.1. The maximum absolute atomic E-state index is 13.4. The lowest BCUT2D eigenvalue weighted by Gasteiger charge is -2.17. The van der Waals surface area contributed by atoms with E-state index in [9.17, 15) is 18.8 Å². The minimum absolute atomic E-state index is 0.0781. The Balaban J connectivity index is 2.86. The Morgan fingerprint density at radius 2 is 2.00 bits per heavy atom. The number of carbonyl (C=O) groups excluding carboxylic acids is 2. The van der Waals surface area contributed by atoms with Crippen molar-refractivity contribution in [3.63, 3.8) is 0 Å². The van der Waals surface area contributed by atoms with Crippen LogP contribution in [0.2, 0.25) is 0 Å². The fourth-order valence-corrected chi connectivity index (χ4v) is 1.52. The molecule has 1 amide bonds. The highest BCUT2D eigenvalue weighted by Crippen LogP contribution is 2.09. The van der Waals surface area contributed by atoms with Crippen molar-refractivity contribution in [3.05, 3.63) is 35.1 Å². The van der Waals surface area contributed by atoms with Crippen molar-refractivity contribution in [1.82, 2.24) is 5.32 Å². The van der Waals surface area contributed by atoms with Crippen LogP contribution in [0.5, 0.6) is 0 Å². The second-order valence-corrected chi connectivity index (χ2v) is 4.86. The number of amides is 1. The van der Waals surface area contributed by atoms with Crippen LogP contribution in [-0.2, 0) is 14.3 Å². The lowest BCUT2D eigenvalue weighted by molar-refractivity contribution is -0.158. The summed E-state index contributed by atoms with van der Waals surface area (Å²) in [5.41, 5.74) is 0.271. The van der Waals surface area contributed by atoms with Gasteiger partial charge in [-0.2, -0.15) is 0 Å². The summed E-state index contributed by atoms with van der Waals surface area (Å²) in [6.45, 7) is 4.90. The van der Waals surface area contributed by atoms with Crippen LogP contribution < -0.4 is 5.32 Å². The first kappa shape index (κ1) is 17.6. The molecule has 120 valence electrons. The number of aryl methyl sites for hydroxylation is 1. The van der Waals surface area contributed by atoms with Crippen LogP contribution in [0.15, 0.2) is 18.2 Å². The third-order valence-electron chi connectivity index (χ3n) is 3.08. The van der Waals surface area contributed by atoms with Gasteiger partial charge in [0.2, 0.25) is 6.04 Å². The maximum atomic E-state index is 13.4. The maximum Gasteiger partial charge on any atom is 0.340 e. The van der Waals surface area contributed by atoms with Gasteiger partial charge in [-0.3, -0.25) is 4.79 Å². The molecular formula is C15H18FNO5. The molecule has 0 radical (unpaired) electrons. The molecule has 1 aromatic rings. The average molecular weight is 311 g/mol. The van der Waals surface area contributed by atoms with Crippen LogP contribution in [0.25, 0.3) is 0 Å². The SMILES string of the molecule is CCC(C)OC(=O)C(NC(=O)c1ccc(C)c(F)c1)C(=O)O. The van der Waals surface area contributed by atoms with E-state index in [4.69, 9.17) is 9.84 Å². The fourth-order valence-electron chi connectivity index (χ4n) is 1.52. The highest BCUT2D eigenvalue weighted by molar-refractivity contribution is 6.05. The number of nitrogens with one attached hydrogen (secondary N) is 1. The number of ether oxygens (including phenoxy) is 1. The Morgan fingerprint density at radius 1 is 1.36 bits per heavy atom. The van der Waals surface area contributed by atoms with Crippen LogP contribution in [0, 0.1) is 12.7 Å². The van der Waals surface area contributed by atoms with Gasteiger partial charge in [0.15, 0.2) is 0 Å². The van der Waals surface area contributed by atoms with E-state index in [-0.39, 0.29) is 5.56 Å². The van der Waals surface area contributed by atoms with E-state index in [0.29, 0.717) is 12.0 Å². The molecule has 2 N–H and O–H groups in total. The third-order valence-corrected chi connectivity index (χ3v) is 3.08. The number of halogens is 1. The van der Waals surface area contributed by atoms with Gasteiger partial charge in [0.1, 0.15) is 5.82 Å². The molecule has 0 aliphatic carbocycles. The van der Waals surface area contributed by atoms with E-state index in [1.54, 1.807) is 13.8 Å². The quantitative estimate of drug-likeness (QED) is 0.615. The second kappa shape index (κ2) is 7.53. The molecule has 0 heterocycles. The molecule has 0 saturated heterocycles. The minimum atomic E-state index is -1.84. The van der Waals surface area contributed by atoms with Gasteiger partial charge < -0.3 is 15.2 Å². The number of aliphatic carboxylic acids is 1. The van der Waals surface area contributed by atoms with Gasteiger partial charge in [-0.15, -0.1) is 0 Å². The summed E-state index contributed by atoms with van der Waals surface area (Å²) in [5, 5.41) is 11.1. The van der Waals surface area contributed by atoms with Crippen molar-refractivity contribution >= 4 is 17.8 Å². The first-order chi connectivity index (χ1) is 10.3. The number of esters is 1. The summed E-state index contributed by atoms with van der Waals surface area (Å²) >= 11 is 0. The molecule has 0 bridgehead atoms. The molecule has 0 aromatic heterocycles. The van der Waals surface area contributed by atoms with Gasteiger partial charge >= 0.3 is 11.9 Å². The lowest BCUT2D eigenvalue weighted by Crippen LogP contribution is -2.48. The van der Waals surface area contributed by atoms with Crippen LogP contribution in [0.4, 0.5) is 4.39 Å². The molecule has 22 heavy (non-hydrogen) atoms. The number of hydrogen-bond donors (Lipinski definition) is 2. The van der Waals surface area contributed by atoms with Gasteiger partial charge in [-0.25, -0.2) is 14.0 Å². The number of carboxylic acid groups (broad SMARTS) is 1. The predicted octanol–water partition coefficient (Wildman–Crippen LogP) is 1.66. The van der Waals surface area contributed by atoms with Gasteiger partial charge in [-0.05, 0) is 38.0 Å². The van der Waals surface area contributed by atoms with Crippen molar-refractivity contribution in [2.24, 2.45) is 0 Å². The highest BCUT2D eigenvalue weighted by atomic mass is 19.1. The fraction of sp³-hybridized carbons (Fsp3) is 0.400. The largest absolute Gasteiger partial charge is 0.479 e. The molecule has 0 saturated carbocycles. The van der Waals surface area contributed by atoms with Crippen LogP contribution in [0.1, 0.15) is 36.2 Å². The summed E-state index contributed by atoms with van der Waals surface area (Å²) in [4.78, 5) is 34.8. The van der Waals surface area contributed by atoms with Crippen molar-refractivity contribution in [2.75, 3.05) is 0 Å². The van der Waals surface area contributed by atoms with E-state index < -0.39 is 35.8 Å². The Labute approximate surface area is 127 Å². The monoisotopic (exact) mass is 311 g/mol. The number of carboxylic acids is 1. The van der Waals surface area contributed by atoms with E-state index in [0.717, 1.165) is 6.07 Å². The minimum Gasteiger partial charge on any atom is -0.479 e. The van der Waals surface area contributed by atoms with Crippen molar-refractivity contribution < 1.29 is 28.6 Å². The summed E-state index contributed by atoms with van der Waals surface area (Å²) in [7, 11) is 0. The molecular weight excluding hydrogens is 293 g/mol. The standard InChI is InChI=1S/C15H18FNO5/c1-4-9(3)22-15(21)12(14(19)20)17-13(18)10-6-5-8(2)11(16)7-10/h5-7,9,12H,4H2,1-3H3,(H,17,18)(H,19,20). The first-order valence-corrected chi connectivity index (χ1v) is 6.76. The summed E-state index contributed by atoms with van der Waals surface area (Å²) in [6, 6.07) is 1.86. The van der Waals surface area contributed by atoms with E-state index in [2.05, 4.69) is 0 Å². The van der Waals surface area contributed by atoms with Gasteiger partial charge in [0.05, 0.1) is 6.10 Å². The molecule has 0 aliphatic heterocycles. The zero-order valence-electron chi connectivity index (χ0n) is 12.6. The number of hydrogen-bond acceptors (Lipinski definition) is 4. The van der Waals surface area contributed by atoms with Crippen LogP contribution in [-0.4, -0.2) is 35.1 Å². The topological polar surface area (TPSA) is 92.7 Å². The Hall–Kier alpha value is -2.44. The summed E-state index contributed by atoms with van der Waals surface area (Å²) in [5.74, 6) is -4.08. The number of rotatable bonds is 6. The molecule has 6 nitrogen and oxygen atoms in total. The zero-order chi connectivity index (χ0) is 16.9. The molecule has 7 heteroatoms. The molecule has 0 fully saturated rings. The van der Waals surface area contributed by atoms with Crippen LogP contribution in [0.3, 0.4) is 0 Å². The number of carbonyl (C=O) groups is 3. The van der Waals surface area contributed by atoms with Crippen molar-refractivity contribution in [1.29, 1.82) is 0 Å². The smallest absolute Gasteiger partial charge is 0.340 e. The second-order valence-electron chi connectivity index (χ2n) is 4.86. The Kier molecular flexibility index (Phi) is 6.03. The van der Waals surface area contributed by atoms with Gasteiger partial charge in [-0.1, -0.05) is 13.0 Å². The summed E-state index contributed by atoms with van der Waals surface area (Å²) in [6.07, 6.45) is 0.0397. The molecule has 2 unspecified atom stereocenters.